The maximum Gasteiger partial charge on any atom is 0.306 e. The zero-order valence-electron chi connectivity index (χ0n) is 11.9. The summed E-state index contributed by atoms with van der Waals surface area (Å²) in [6, 6.07) is 10.3. The highest BCUT2D eigenvalue weighted by atomic mass is 16.5. The van der Waals surface area contributed by atoms with Crippen LogP contribution in [0.25, 0.3) is 0 Å². The zero-order valence-corrected chi connectivity index (χ0v) is 11.9. The van der Waals surface area contributed by atoms with Crippen LogP contribution in [0.2, 0.25) is 0 Å². The fourth-order valence-corrected chi connectivity index (χ4v) is 2.58. The normalized spacial score (nSPS) is 18.1. The maximum absolute atomic E-state index is 12.0. The minimum atomic E-state index is -0.292. The van der Waals surface area contributed by atoms with Crippen molar-refractivity contribution in [2.24, 2.45) is 0 Å². The van der Waals surface area contributed by atoms with Crippen molar-refractivity contribution >= 4 is 11.9 Å². The van der Waals surface area contributed by atoms with Gasteiger partial charge < -0.3 is 9.64 Å². The third-order valence-corrected chi connectivity index (χ3v) is 3.66. The van der Waals surface area contributed by atoms with Crippen molar-refractivity contribution in [3.05, 3.63) is 35.9 Å². The Balaban J connectivity index is 1.80. The molecule has 1 aromatic rings. The van der Waals surface area contributed by atoms with E-state index >= 15 is 0 Å². The first-order valence-electron chi connectivity index (χ1n) is 7.19. The van der Waals surface area contributed by atoms with Gasteiger partial charge in [-0.25, -0.2) is 0 Å². The molecule has 0 N–H and O–H groups in total. The van der Waals surface area contributed by atoms with E-state index in [4.69, 9.17) is 4.74 Å². The van der Waals surface area contributed by atoms with Gasteiger partial charge in [-0.15, -0.1) is 0 Å². The van der Waals surface area contributed by atoms with Gasteiger partial charge in [0, 0.05) is 25.4 Å². The largest absolute Gasteiger partial charge is 0.466 e. The Morgan fingerprint density at radius 1 is 1.25 bits per heavy atom. The molecule has 0 saturated carbocycles. The average molecular weight is 275 g/mol. The van der Waals surface area contributed by atoms with Gasteiger partial charge in [0.15, 0.2) is 0 Å². The number of nitrogens with zero attached hydrogens (tertiary/aromatic N) is 1. The second-order valence-electron chi connectivity index (χ2n) is 5.04. The summed E-state index contributed by atoms with van der Waals surface area (Å²) < 4.78 is 4.84. The van der Waals surface area contributed by atoms with Crippen LogP contribution in [0.4, 0.5) is 0 Å². The van der Waals surface area contributed by atoms with E-state index in [9.17, 15) is 9.59 Å². The molecular weight excluding hydrogens is 254 g/mol. The molecule has 1 amide bonds. The highest BCUT2D eigenvalue weighted by molar-refractivity contribution is 5.81. The molecule has 1 aliphatic heterocycles. The highest BCUT2D eigenvalue weighted by Crippen LogP contribution is 2.27. The summed E-state index contributed by atoms with van der Waals surface area (Å²) in [5.74, 6) is 0.180. The predicted octanol–water partition coefficient (Wildman–Crippen LogP) is 2.35. The van der Waals surface area contributed by atoms with Crippen LogP contribution in [0.1, 0.15) is 37.7 Å². The Kier molecular flexibility index (Phi) is 5.16. The quantitative estimate of drug-likeness (QED) is 0.775. The molecule has 2 rings (SSSR count). The van der Waals surface area contributed by atoms with Crippen LogP contribution >= 0.6 is 0 Å². The van der Waals surface area contributed by atoms with Gasteiger partial charge in [0.25, 0.3) is 0 Å². The fourth-order valence-electron chi connectivity index (χ4n) is 2.58. The monoisotopic (exact) mass is 275 g/mol. The molecule has 0 radical (unpaired) electrons. The molecule has 1 aromatic carbocycles. The smallest absolute Gasteiger partial charge is 0.306 e. The van der Waals surface area contributed by atoms with Crippen LogP contribution in [-0.4, -0.2) is 36.5 Å². The van der Waals surface area contributed by atoms with Gasteiger partial charge in [0.1, 0.15) is 0 Å². The van der Waals surface area contributed by atoms with E-state index in [-0.39, 0.29) is 24.7 Å². The van der Waals surface area contributed by atoms with E-state index < -0.39 is 0 Å². The Bertz CT molecular complexity index is 458. The fraction of sp³-hybridized carbons (Fsp3) is 0.500. The topological polar surface area (TPSA) is 46.6 Å². The van der Waals surface area contributed by atoms with E-state index in [0.717, 1.165) is 19.5 Å². The number of amides is 1. The molecule has 1 atom stereocenters. The van der Waals surface area contributed by atoms with Gasteiger partial charge in [-0.3, -0.25) is 9.59 Å². The summed E-state index contributed by atoms with van der Waals surface area (Å²) in [5.41, 5.74) is 1.29. The number of hydrogen-bond donors (Lipinski definition) is 0. The first-order chi connectivity index (χ1) is 9.70. The molecule has 0 aromatic heterocycles. The van der Waals surface area contributed by atoms with Crippen molar-refractivity contribution in [3.8, 4) is 0 Å². The number of rotatable bonds is 5. The SMILES string of the molecule is CCOC(=O)CCC(=O)N1CC[C@@H](c2ccccc2)C1. The van der Waals surface area contributed by atoms with Crippen LogP contribution < -0.4 is 0 Å². The van der Waals surface area contributed by atoms with Crippen LogP contribution in [0.15, 0.2) is 30.3 Å². The highest BCUT2D eigenvalue weighted by Gasteiger charge is 2.27. The summed E-state index contributed by atoms with van der Waals surface area (Å²) in [7, 11) is 0. The lowest BCUT2D eigenvalue weighted by Gasteiger charge is -2.16. The third kappa shape index (κ3) is 3.83. The van der Waals surface area contributed by atoms with E-state index in [0.29, 0.717) is 12.5 Å². The van der Waals surface area contributed by atoms with Gasteiger partial charge in [0.05, 0.1) is 13.0 Å². The molecule has 20 heavy (non-hydrogen) atoms. The van der Waals surface area contributed by atoms with Crippen molar-refractivity contribution in [2.75, 3.05) is 19.7 Å². The summed E-state index contributed by atoms with van der Waals surface area (Å²) in [4.78, 5) is 25.2. The lowest BCUT2D eigenvalue weighted by atomic mass is 9.99. The predicted molar refractivity (Wildman–Crippen MR) is 76.2 cm³/mol. The number of ether oxygens (including phenoxy) is 1. The Labute approximate surface area is 119 Å². The van der Waals surface area contributed by atoms with Crippen LogP contribution in [0, 0.1) is 0 Å². The summed E-state index contributed by atoms with van der Waals surface area (Å²) in [6.45, 7) is 3.67. The van der Waals surface area contributed by atoms with Crippen molar-refractivity contribution in [1.82, 2.24) is 4.90 Å². The van der Waals surface area contributed by atoms with Crippen LogP contribution in [-0.2, 0) is 14.3 Å². The molecule has 1 aliphatic rings. The van der Waals surface area contributed by atoms with Gasteiger partial charge in [-0.05, 0) is 18.9 Å². The summed E-state index contributed by atoms with van der Waals surface area (Å²) in [6.07, 6.45) is 1.43. The Hall–Kier alpha value is -1.84. The number of carbonyl (C=O) groups excluding carboxylic acids is 2. The van der Waals surface area contributed by atoms with Gasteiger partial charge in [-0.1, -0.05) is 30.3 Å². The number of benzene rings is 1. The molecule has 0 bridgehead atoms. The molecule has 1 heterocycles. The van der Waals surface area contributed by atoms with E-state index in [1.54, 1.807) is 6.92 Å². The van der Waals surface area contributed by atoms with Crippen molar-refractivity contribution in [1.29, 1.82) is 0 Å². The second-order valence-corrected chi connectivity index (χ2v) is 5.04. The number of esters is 1. The van der Waals surface area contributed by atoms with Crippen LogP contribution in [0.5, 0.6) is 0 Å². The molecular formula is C16H21NO3. The number of likely N-dealkylation sites (tertiary alicyclic amines) is 1. The third-order valence-electron chi connectivity index (χ3n) is 3.66. The van der Waals surface area contributed by atoms with Crippen molar-refractivity contribution < 1.29 is 14.3 Å². The number of hydrogen-bond acceptors (Lipinski definition) is 3. The van der Waals surface area contributed by atoms with Gasteiger partial charge in [0.2, 0.25) is 5.91 Å². The van der Waals surface area contributed by atoms with Crippen LogP contribution in [0.3, 0.4) is 0 Å². The van der Waals surface area contributed by atoms with Gasteiger partial charge >= 0.3 is 5.97 Å². The minimum absolute atomic E-state index is 0.0523. The first-order valence-corrected chi connectivity index (χ1v) is 7.19. The standard InChI is InChI=1S/C16H21NO3/c1-2-20-16(19)9-8-15(18)17-11-10-14(12-17)13-6-4-3-5-7-13/h3-7,14H,2,8-12H2,1H3/t14-/m1/s1. The molecule has 0 spiro atoms. The van der Waals surface area contributed by atoms with E-state index in [1.807, 2.05) is 23.1 Å². The molecule has 1 fully saturated rings. The van der Waals surface area contributed by atoms with E-state index in [2.05, 4.69) is 12.1 Å². The number of carbonyl (C=O) groups is 2. The molecule has 0 unspecified atom stereocenters. The summed E-state index contributed by atoms with van der Waals surface area (Å²) in [5, 5.41) is 0. The Morgan fingerprint density at radius 2 is 2.00 bits per heavy atom. The zero-order chi connectivity index (χ0) is 14.4. The summed E-state index contributed by atoms with van der Waals surface area (Å²) >= 11 is 0. The van der Waals surface area contributed by atoms with E-state index in [1.165, 1.54) is 5.56 Å². The molecule has 1 saturated heterocycles. The molecule has 108 valence electrons. The molecule has 4 heteroatoms. The maximum atomic E-state index is 12.0. The van der Waals surface area contributed by atoms with Crippen molar-refractivity contribution in [2.45, 2.75) is 32.1 Å². The first kappa shape index (κ1) is 14.6. The lowest BCUT2D eigenvalue weighted by Crippen LogP contribution is -2.28. The minimum Gasteiger partial charge on any atom is -0.466 e. The van der Waals surface area contributed by atoms with Gasteiger partial charge in [-0.2, -0.15) is 0 Å². The second kappa shape index (κ2) is 7.08. The van der Waals surface area contributed by atoms with Crippen molar-refractivity contribution in [3.63, 3.8) is 0 Å². The lowest BCUT2D eigenvalue weighted by molar-refractivity contribution is -0.145. The molecule has 0 aliphatic carbocycles. The Morgan fingerprint density at radius 3 is 2.70 bits per heavy atom. The molecule has 4 nitrogen and oxygen atoms in total. The average Bonchev–Trinajstić information content (AvgIpc) is 2.96.